The van der Waals surface area contributed by atoms with Crippen LogP contribution in [0.1, 0.15) is 65.2 Å². The van der Waals surface area contributed by atoms with Crippen LogP contribution in [-0.4, -0.2) is 18.9 Å². The van der Waals surface area contributed by atoms with E-state index in [1.165, 1.54) is 25.7 Å². The molecule has 0 saturated heterocycles. The van der Waals surface area contributed by atoms with Crippen LogP contribution in [0.25, 0.3) is 0 Å². The molecular formula is C14H27O3. The van der Waals surface area contributed by atoms with Gasteiger partial charge in [-0.05, 0) is 26.2 Å². The molecule has 1 unspecified atom stereocenters. The van der Waals surface area contributed by atoms with Crippen molar-refractivity contribution in [2.45, 2.75) is 71.3 Å². The van der Waals surface area contributed by atoms with Gasteiger partial charge in [0.1, 0.15) is 6.10 Å². The van der Waals surface area contributed by atoms with E-state index in [1.54, 1.807) is 0 Å². The molecule has 0 aliphatic rings. The third kappa shape index (κ3) is 11.5. The Morgan fingerprint density at radius 2 is 1.88 bits per heavy atom. The molecule has 3 nitrogen and oxygen atoms in total. The first-order valence-corrected chi connectivity index (χ1v) is 6.83. The minimum Gasteiger partial charge on any atom is -0.434 e. The summed E-state index contributed by atoms with van der Waals surface area (Å²) in [6.07, 6.45) is 8.08. The first-order chi connectivity index (χ1) is 8.20. The number of hydrogen-bond donors (Lipinski definition) is 0. The summed E-state index contributed by atoms with van der Waals surface area (Å²) in [6, 6.07) is 0. The summed E-state index contributed by atoms with van der Waals surface area (Å²) < 4.78 is 10.0. The topological polar surface area (TPSA) is 35.5 Å². The zero-order chi connectivity index (χ0) is 12.9. The van der Waals surface area contributed by atoms with Gasteiger partial charge in [0, 0.05) is 0 Å². The molecule has 0 N–H and O–H groups in total. The average Bonchev–Trinajstić information content (AvgIpc) is 2.29. The quantitative estimate of drug-likeness (QED) is 0.418. The molecule has 0 aromatic carbocycles. The van der Waals surface area contributed by atoms with Crippen molar-refractivity contribution in [1.82, 2.24) is 0 Å². The first kappa shape index (κ1) is 16.3. The molecule has 0 aliphatic heterocycles. The third-order valence-corrected chi connectivity index (χ3v) is 2.63. The molecular weight excluding hydrogens is 216 g/mol. The highest BCUT2D eigenvalue weighted by Crippen LogP contribution is 2.09. The van der Waals surface area contributed by atoms with E-state index in [1.807, 2.05) is 6.92 Å². The largest absolute Gasteiger partial charge is 0.508 e. The molecule has 0 fully saturated rings. The maximum atomic E-state index is 11.2. The van der Waals surface area contributed by atoms with Gasteiger partial charge in [-0.1, -0.05) is 46.0 Å². The summed E-state index contributed by atoms with van der Waals surface area (Å²) in [5.74, 6) is 0. The Hall–Kier alpha value is -0.730. The maximum Gasteiger partial charge on any atom is 0.508 e. The Kier molecular flexibility index (Phi) is 11.2. The molecule has 0 spiro atoms. The van der Waals surface area contributed by atoms with E-state index in [4.69, 9.17) is 9.47 Å². The summed E-state index contributed by atoms with van der Waals surface area (Å²) in [5.41, 5.74) is 0. The molecule has 0 aromatic heterocycles. The Bertz CT molecular complexity index is 180. The number of ether oxygens (including phenoxy) is 2. The fraction of sp³-hybridized carbons (Fsp3) is 0.857. The van der Waals surface area contributed by atoms with Gasteiger partial charge in [0.05, 0.1) is 6.61 Å². The van der Waals surface area contributed by atoms with Gasteiger partial charge in [0.15, 0.2) is 0 Å². The highest BCUT2D eigenvalue weighted by Gasteiger charge is 2.09. The lowest BCUT2D eigenvalue weighted by atomic mass is 10.1. The maximum absolute atomic E-state index is 11.2. The van der Waals surface area contributed by atoms with Gasteiger partial charge in [0.25, 0.3) is 0 Å². The van der Waals surface area contributed by atoms with E-state index in [0.717, 1.165) is 25.7 Å². The smallest absolute Gasteiger partial charge is 0.434 e. The van der Waals surface area contributed by atoms with Crippen LogP contribution in [0.3, 0.4) is 0 Å². The van der Waals surface area contributed by atoms with Gasteiger partial charge in [-0.3, -0.25) is 0 Å². The lowest BCUT2D eigenvalue weighted by molar-refractivity contribution is 0.0255. The average molecular weight is 243 g/mol. The molecule has 0 rings (SSSR count). The van der Waals surface area contributed by atoms with E-state index in [0.29, 0.717) is 6.61 Å². The summed E-state index contributed by atoms with van der Waals surface area (Å²) in [5, 5.41) is 0. The van der Waals surface area contributed by atoms with Crippen molar-refractivity contribution in [3.05, 3.63) is 6.92 Å². The van der Waals surface area contributed by atoms with Crippen LogP contribution in [-0.2, 0) is 9.47 Å². The standard InChI is InChI=1S/C14H27O3/c1-4-6-8-9-10-11-13(3)17-14(15)16-12-7-5-2/h13H,2,4-12H2,1,3H3. The number of carbonyl (C=O) groups is 1. The van der Waals surface area contributed by atoms with Crippen molar-refractivity contribution < 1.29 is 14.3 Å². The van der Waals surface area contributed by atoms with Crippen molar-refractivity contribution in [2.24, 2.45) is 0 Å². The minimum atomic E-state index is -0.542. The molecule has 0 bridgehead atoms. The Labute approximate surface area is 106 Å². The number of rotatable bonds is 10. The highest BCUT2D eigenvalue weighted by atomic mass is 16.7. The van der Waals surface area contributed by atoms with Gasteiger partial charge in [0.2, 0.25) is 0 Å². The zero-order valence-corrected chi connectivity index (χ0v) is 11.4. The molecule has 3 heteroatoms. The summed E-state index contributed by atoms with van der Waals surface area (Å²) in [7, 11) is 0. The molecule has 0 heterocycles. The van der Waals surface area contributed by atoms with Crippen molar-refractivity contribution >= 4 is 6.16 Å². The van der Waals surface area contributed by atoms with Crippen LogP contribution < -0.4 is 0 Å². The van der Waals surface area contributed by atoms with Gasteiger partial charge in [-0.2, -0.15) is 0 Å². The second-order valence-electron chi connectivity index (χ2n) is 4.44. The molecule has 101 valence electrons. The van der Waals surface area contributed by atoms with Crippen LogP contribution in [0.5, 0.6) is 0 Å². The van der Waals surface area contributed by atoms with Crippen molar-refractivity contribution in [1.29, 1.82) is 0 Å². The highest BCUT2D eigenvalue weighted by molar-refractivity contribution is 5.59. The van der Waals surface area contributed by atoms with Gasteiger partial charge in [-0.25, -0.2) is 4.79 Å². The molecule has 17 heavy (non-hydrogen) atoms. The monoisotopic (exact) mass is 243 g/mol. The first-order valence-electron chi connectivity index (χ1n) is 6.83. The lowest BCUT2D eigenvalue weighted by Crippen LogP contribution is -2.16. The van der Waals surface area contributed by atoms with Crippen LogP contribution in [0.15, 0.2) is 0 Å². The zero-order valence-electron chi connectivity index (χ0n) is 11.4. The lowest BCUT2D eigenvalue weighted by Gasteiger charge is -2.12. The summed E-state index contributed by atoms with van der Waals surface area (Å²) >= 11 is 0. The third-order valence-electron chi connectivity index (χ3n) is 2.63. The van der Waals surface area contributed by atoms with Crippen LogP contribution in [0.4, 0.5) is 4.79 Å². The SMILES string of the molecule is [CH2]CCCOC(=O)OC(C)CCCCCCC. The van der Waals surface area contributed by atoms with Crippen LogP contribution in [0, 0.1) is 6.92 Å². The van der Waals surface area contributed by atoms with Crippen LogP contribution in [0.2, 0.25) is 0 Å². The van der Waals surface area contributed by atoms with Gasteiger partial charge < -0.3 is 9.47 Å². The minimum absolute atomic E-state index is 0.0381. The second kappa shape index (κ2) is 11.7. The summed E-state index contributed by atoms with van der Waals surface area (Å²) in [6.45, 7) is 8.21. The fourth-order valence-electron chi connectivity index (χ4n) is 1.55. The molecule has 1 radical (unpaired) electrons. The number of carbonyl (C=O) groups excluding carboxylic acids is 1. The van der Waals surface area contributed by atoms with Crippen molar-refractivity contribution in [2.75, 3.05) is 6.61 Å². The Balaban J connectivity index is 3.37. The Morgan fingerprint density at radius 3 is 2.53 bits per heavy atom. The number of unbranched alkanes of at least 4 members (excludes halogenated alkanes) is 5. The van der Waals surface area contributed by atoms with E-state index in [2.05, 4.69) is 13.8 Å². The normalized spacial score (nSPS) is 12.2. The Morgan fingerprint density at radius 1 is 1.18 bits per heavy atom. The molecule has 0 amide bonds. The van der Waals surface area contributed by atoms with E-state index in [-0.39, 0.29) is 6.10 Å². The van der Waals surface area contributed by atoms with Gasteiger partial charge >= 0.3 is 6.16 Å². The van der Waals surface area contributed by atoms with Crippen molar-refractivity contribution in [3.8, 4) is 0 Å². The van der Waals surface area contributed by atoms with E-state index >= 15 is 0 Å². The summed E-state index contributed by atoms with van der Waals surface area (Å²) in [4.78, 5) is 11.2. The van der Waals surface area contributed by atoms with Crippen LogP contribution >= 0.6 is 0 Å². The van der Waals surface area contributed by atoms with Gasteiger partial charge in [-0.15, -0.1) is 0 Å². The number of hydrogen-bond acceptors (Lipinski definition) is 3. The molecule has 0 aliphatic carbocycles. The predicted octanol–water partition coefficient (Wildman–Crippen LogP) is 4.50. The predicted molar refractivity (Wildman–Crippen MR) is 69.9 cm³/mol. The fourth-order valence-corrected chi connectivity index (χ4v) is 1.55. The van der Waals surface area contributed by atoms with E-state index < -0.39 is 6.16 Å². The molecule has 0 saturated carbocycles. The molecule has 1 atom stereocenters. The molecule has 0 aromatic rings. The van der Waals surface area contributed by atoms with E-state index in [9.17, 15) is 4.79 Å². The second-order valence-corrected chi connectivity index (χ2v) is 4.44. The van der Waals surface area contributed by atoms with Crippen molar-refractivity contribution in [3.63, 3.8) is 0 Å².